The Bertz CT molecular complexity index is 106. The average Bonchev–Trinajstić information content (AvgIpc) is 1.82. The molecule has 0 saturated heterocycles. The van der Waals surface area contributed by atoms with E-state index in [0.29, 0.717) is 0 Å². The first-order chi connectivity index (χ1) is 4.61. The van der Waals surface area contributed by atoms with Gasteiger partial charge in [-0.05, 0) is 0 Å². The second-order valence-corrected chi connectivity index (χ2v) is 3.02. The molecule has 0 aliphatic heterocycles. The molecule has 2 atom stereocenters. The molecule has 1 rings (SSSR count). The standard InChI is InChI=1S/C7H12F2O/c1-4-6(8)2-5(10)3-7(4)9/h4-7,10H,2-3H2,1H3. The Morgan fingerprint density at radius 1 is 1.20 bits per heavy atom. The van der Waals surface area contributed by atoms with E-state index in [4.69, 9.17) is 5.11 Å². The van der Waals surface area contributed by atoms with Gasteiger partial charge in [-0.3, -0.25) is 0 Å². The number of hydrogen-bond donors (Lipinski definition) is 1. The molecule has 60 valence electrons. The van der Waals surface area contributed by atoms with Crippen molar-refractivity contribution in [1.29, 1.82) is 0 Å². The fourth-order valence-corrected chi connectivity index (χ4v) is 1.27. The maximum Gasteiger partial charge on any atom is 0.108 e. The molecule has 0 radical (unpaired) electrons. The summed E-state index contributed by atoms with van der Waals surface area (Å²) in [6.07, 6.45) is -2.91. The summed E-state index contributed by atoms with van der Waals surface area (Å²) < 4.78 is 25.4. The molecule has 1 fully saturated rings. The number of aliphatic hydroxyl groups excluding tert-OH is 1. The summed E-state index contributed by atoms with van der Waals surface area (Å²) in [4.78, 5) is 0. The second kappa shape index (κ2) is 2.82. The van der Waals surface area contributed by atoms with Crippen LogP contribution in [0.15, 0.2) is 0 Å². The van der Waals surface area contributed by atoms with Crippen molar-refractivity contribution in [3.05, 3.63) is 0 Å². The second-order valence-electron chi connectivity index (χ2n) is 3.02. The Balaban J connectivity index is 2.49. The lowest BCUT2D eigenvalue weighted by Gasteiger charge is -2.29. The first-order valence-corrected chi connectivity index (χ1v) is 3.57. The molecule has 0 aromatic heterocycles. The highest BCUT2D eigenvalue weighted by molar-refractivity contribution is 4.83. The zero-order valence-corrected chi connectivity index (χ0v) is 5.93. The van der Waals surface area contributed by atoms with Crippen LogP contribution in [0.3, 0.4) is 0 Å². The van der Waals surface area contributed by atoms with Gasteiger partial charge in [-0.25, -0.2) is 8.78 Å². The van der Waals surface area contributed by atoms with Crippen LogP contribution in [0.1, 0.15) is 19.8 Å². The van der Waals surface area contributed by atoms with Gasteiger partial charge in [0.05, 0.1) is 6.10 Å². The van der Waals surface area contributed by atoms with Gasteiger partial charge in [0.1, 0.15) is 12.3 Å². The highest BCUT2D eigenvalue weighted by Crippen LogP contribution is 2.29. The third-order valence-electron chi connectivity index (χ3n) is 2.14. The molecule has 0 aromatic carbocycles. The van der Waals surface area contributed by atoms with E-state index in [9.17, 15) is 8.78 Å². The predicted molar refractivity (Wildman–Crippen MR) is 34.2 cm³/mol. The van der Waals surface area contributed by atoms with Crippen molar-refractivity contribution in [2.24, 2.45) is 5.92 Å². The molecule has 1 saturated carbocycles. The summed E-state index contributed by atoms with van der Waals surface area (Å²) >= 11 is 0. The minimum absolute atomic E-state index is 0.0988. The smallest absolute Gasteiger partial charge is 0.108 e. The van der Waals surface area contributed by atoms with Gasteiger partial charge in [0, 0.05) is 18.8 Å². The van der Waals surface area contributed by atoms with Crippen molar-refractivity contribution < 1.29 is 13.9 Å². The van der Waals surface area contributed by atoms with E-state index >= 15 is 0 Å². The van der Waals surface area contributed by atoms with Crippen LogP contribution >= 0.6 is 0 Å². The topological polar surface area (TPSA) is 20.2 Å². The van der Waals surface area contributed by atoms with Crippen LogP contribution in [-0.4, -0.2) is 23.6 Å². The van der Waals surface area contributed by atoms with Crippen LogP contribution in [0.4, 0.5) is 8.78 Å². The minimum atomic E-state index is -1.17. The first kappa shape index (κ1) is 7.92. The number of aliphatic hydroxyl groups is 1. The van der Waals surface area contributed by atoms with Crippen molar-refractivity contribution in [1.82, 2.24) is 0 Å². The third kappa shape index (κ3) is 1.45. The van der Waals surface area contributed by atoms with E-state index in [1.807, 2.05) is 0 Å². The maximum absolute atomic E-state index is 12.7. The Morgan fingerprint density at radius 2 is 1.60 bits per heavy atom. The molecule has 1 N–H and O–H groups in total. The summed E-state index contributed by atoms with van der Waals surface area (Å²) in [5.74, 6) is -0.539. The highest BCUT2D eigenvalue weighted by atomic mass is 19.1. The lowest BCUT2D eigenvalue weighted by molar-refractivity contribution is 0.00176. The third-order valence-corrected chi connectivity index (χ3v) is 2.14. The summed E-state index contributed by atoms with van der Waals surface area (Å²) in [5, 5.41) is 8.89. The molecule has 1 nitrogen and oxygen atoms in total. The van der Waals surface area contributed by atoms with Crippen LogP contribution in [0.25, 0.3) is 0 Å². The van der Waals surface area contributed by atoms with E-state index in [2.05, 4.69) is 0 Å². The molecule has 1 aliphatic carbocycles. The quantitative estimate of drug-likeness (QED) is 0.554. The predicted octanol–water partition coefficient (Wildman–Crippen LogP) is 1.45. The van der Waals surface area contributed by atoms with Gasteiger partial charge >= 0.3 is 0 Å². The van der Waals surface area contributed by atoms with Gasteiger partial charge in [-0.15, -0.1) is 0 Å². The molecule has 3 heteroatoms. The normalized spacial score (nSPS) is 49.2. The number of alkyl halides is 2. The van der Waals surface area contributed by atoms with E-state index in [-0.39, 0.29) is 12.8 Å². The van der Waals surface area contributed by atoms with Gasteiger partial charge in [0.2, 0.25) is 0 Å². The zero-order chi connectivity index (χ0) is 7.72. The number of rotatable bonds is 0. The van der Waals surface area contributed by atoms with E-state index in [1.165, 1.54) is 0 Å². The van der Waals surface area contributed by atoms with E-state index in [0.717, 1.165) is 0 Å². The monoisotopic (exact) mass is 150 g/mol. The van der Waals surface area contributed by atoms with Crippen molar-refractivity contribution in [2.75, 3.05) is 0 Å². The van der Waals surface area contributed by atoms with Crippen LogP contribution < -0.4 is 0 Å². The zero-order valence-electron chi connectivity index (χ0n) is 5.93. The summed E-state index contributed by atoms with van der Waals surface area (Å²) in [6.45, 7) is 1.54. The summed E-state index contributed by atoms with van der Waals surface area (Å²) in [5.41, 5.74) is 0. The molecule has 0 heterocycles. The highest BCUT2D eigenvalue weighted by Gasteiger charge is 2.34. The Morgan fingerprint density at radius 3 is 2.00 bits per heavy atom. The van der Waals surface area contributed by atoms with Crippen LogP contribution in [0, 0.1) is 5.92 Å². The largest absolute Gasteiger partial charge is 0.393 e. The summed E-state index contributed by atoms with van der Waals surface area (Å²) in [6, 6.07) is 0. The van der Waals surface area contributed by atoms with Gasteiger partial charge in [-0.1, -0.05) is 6.92 Å². The lowest BCUT2D eigenvalue weighted by Crippen LogP contribution is -2.35. The molecule has 2 unspecified atom stereocenters. The number of hydrogen-bond acceptors (Lipinski definition) is 1. The molecule has 0 aromatic rings. The van der Waals surface area contributed by atoms with Crippen molar-refractivity contribution >= 4 is 0 Å². The lowest BCUT2D eigenvalue weighted by atomic mass is 9.86. The van der Waals surface area contributed by atoms with E-state index in [1.54, 1.807) is 6.92 Å². The average molecular weight is 150 g/mol. The maximum atomic E-state index is 12.7. The molecule has 0 amide bonds. The summed E-state index contributed by atoms with van der Waals surface area (Å²) in [7, 11) is 0. The van der Waals surface area contributed by atoms with Crippen molar-refractivity contribution in [2.45, 2.75) is 38.2 Å². The molecule has 1 aliphatic rings. The first-order valence-electron chi connectivity index (χ1n) is 3.57. The minimum Gasteiger partial charge on any atom is -0.393 e. The fourth-order valence-electron chi connectivity index (χ4n) is 1.27. The van der Waals surface area contributed by atoms with Crippen LogP contribution in [0.5, 0.6) is 0 Å². The van der Waals surface area contributed by atoms with Gasteiger partial charge in [-0.2, -0.15) is 0 Å². The van der Waals surface area contributed by atoms with Gasteiger partial charge in [0.15, 0.2) is 0 Å². The Labute approximate surface area is 59.0 Å². The fraction of sp³-hybridized carbons (Fsp3) is 1.00. The Hall–Kier alpha value is -0.180. The molecular formula is C7H12F2O. The van der Waals surface area contributed by atoms with Crippen LogP contribution in [0.2, 0.25) is 0 Å². The van der Waals surface area contributed by atoms with Crippen molar-refractivity contribution in [3.8, 4) is 0 Å². The van der Waals surface area contributed by atoms with Crippen LogP contribution in [-0.2, 0) is 0 Å². The molecule has 0 spiro atoms. The van der Waals surface area contributed by atoms with Gasteiger partial charge < -0.3 is 5.11 Å². The SMILES string of the molecule is CC1C(F)CC(O)CC1F. The molecule has 10 heavy (non-hydrogen) atoms. The number of halogens is 2. The van der Waals surface area contributed by atoms with E-state index < -0.39 is 24.4 Å². The van der Waals surface area contributed by atoms with Gasteiger partial charge in [0.25, 0.3) is 0 Å². The molecule has 0 bridgehead atoms. The van der Waals surface area contributed by atoms with Crippen molar-refractivity contribution in [3.63, 3.8) is 0 Å². The Kier molecular flexibility index (Phi) is 2.24. The molecular weight excluding hydrogens is 138 g/mol.